The van der Waals surface area contributed by atoms with Gasteiger partial charge in [-0.15, -0.1) is 10.2 Å². The number of rotatable bonds is 5. The monoisotopic (exact) mass is 343 g/mol. The van der Waals surface area contributed by atoms with Gasteiger partial charge in [0.25, 0.3) is 0 Å². The van der Waals surface area contributed by atoms with E-state index in [2.05, 4.69) is 20.6 Å². The first-order chi connectivity index (χ1) is 12.2. The molecule has 2 fully saturated rings. The Morgan fingerprint density at radius 2 is 2.20 bits per heavy atom. The van der Waals surface area contributed by atoms with Crippen molar-refractivity contribution in [3.05, 3.63) is 29.6 Å². The Labute approximate surface area is 145 Å². The van der Waals surface area contributed by atoms with Crippen LogP contribution in [0.15, 0.2) is 18.2 Å². The molecule has 1 saturated heterocycles. The van der Waals surface area contributed by atoms with Gasteiger partial charge in [0.1, 0.15) is 11.5 Å². The smallest absolute Gasteiger partial charge is 0.226 e. The molecule has 1 saturated carbocycles. The minimum atomic E-state index is -0.0465. The van der Waals surface area contributed by atoms with Crippen molar-refractivity contribution < 1.29 is 14.3 Å². The molecule has 2 aromatic rings. The molecular formula is C17H21N5O3. The van der Waals surface area contributed by atoms with Gasteiger partial charge in [-0.3, -0.25) is 4.79 Å². The van der Waals surface area contributed by atoms with Gasteiger partial charge in [0.15, 0.2) is 5.82 Å². The molecule has 2 heterocycles. The molecule has 8 heteroatoms. The lowest BCUT2D eigenvalue weighted by molar-refractivity contribution is -0.133. The molecule has 1 aliphatic heterocycles. The van der Waals surface area contributed by atoms with E-state index in [0.29, 0.717) is 5.82 Å². The summed E-state index contributed by atoms with van der Waals surface area (Å²) in [4.78, 5) is 15.0. The first-order valence-electron chi connectivity index (χ1n) is 8.48. The van der Waals surface area contributed by atoms with Crippen LogP contribution < -0.4 is 9.47 Å². The first-order valence-corrected chi connectivity index (χ1v) is 8.48. The van der Waals surface area contributed by atoms with Crippen LogP contribution in [-0.2, 0) is 4.79 Å². The summed E-state index contributed by atoms with van der Waals surface area (Å²) in [6, 6.07) is 5.76. The number of carbonyl (C=O) groups excluding carboxylic acids is 1. The fourth-order valence-electron chi connectivity index (χ4n) is 3.75. The number of hydrogen-bond acceptors (Lipinski definition) is 6. The van der Waals surface area contributed by atoms with Crippen LogP contribution in [0.25, 0.3) is 0 Å². The minimum Gasteiger partial charge on any atom is -0.497 e. The molecule has 25 heavy (non-hydrogen) atoms. The lowest BCUT2D eigenvalue weighted by Crippen LogP contribution is -2.32. The van der Waals surface area contributed by atoms with Crippen molar-refractivity contribution in [3.8, 4) is 11.5 Å². The Balaban J connectivity index is 1.56. The molecule has 1 unspecified atom stereocenters. The number of carbonyl (C=O) groups is 1. The van der Waals surface area contributed by atoms with E-state index < -0.39 is 0 Å². The van der Waals surface area contributed by atoms with Gasteiger partial charge in [-0.25, -0.2) is 0 Å². The molecule has 1 aromatic heterocycles. The van der Waals surface area contributed by atoms with Crippen LogP contribution in [-0.4, -0.2) is 52.2 Å². The number of likely N-dealkylation sites (tertiary alicyclic amines) is 1. The van der Waals surface area contributed by atoms with Gasteiger partial charge in [0, 0.05) is 23.9 Å². The molecule has 0 bridgehead atoms. The van der Waals surface area contributed by atoms with Crippen LogP contribution in [0.3, 0.4) is 0 Å². The Morgan fingerprint density at radius 1 is 1.32 bits per heavy atom. The number of methoxy groups -OCH3 is 2. The van der Waals surface area contributed by atoms with Crippen LogP contribution in [0.2, 0.25) is 0 Å². The van der Waals surface area contributed by atoms with Crippen molar-refractivity contribution >= 4 is 5.91 Å². The van der Waals surface area contributed by atoms with E-state index in [1.165, 1.54) is 0 Å². The quantitative estimate of drug-likeness (QED) is 0.888. The van der Waals surface area contributed by atoms with Gasteiger partial charge >= 0.3 is 0 Å². The predicted molar refractivity (Wildman–Crippen MR) is 88.3 cm³/mol. The number of tetrazole rings is 1. The summed E-state index contributed by atoms with van der Waals surface area (Å²) in [5, 5.41) is 14.1. The maximum atomic E-state index is 13.0. The number of nitrogens with one attached hydrogen (secondary N) is 1. The van der Waals surface area contributed by atoms with E-state index in [-0.39, 0.29) is 23.8 Å². The van der Waals surface area contributed by atoms with Crippen LogP contribution in [0, 0.1) is 5.92 Å². The maximum Gasteiger partial charge on any atom is 0.226 e. The number of aromatic amines is 1. The second kappa shape index (κ2) is 6.34. The zero-order chi connectivity index (χ0) is 17.4. The summed E-state index contributed by atoms with van der Waals surface area (Å²) in [5.74, 6) is 2.40. The number of hydrogen-bond donors (Lipinski definition) is 1. The van der Waals surface area contributed by atoms with E-state index in [9.17, 15) is 4.79 Å². The standard InChI is InChI=1S/C17H21N5O3/c1-24-10-5-6-15(25-2)13(8-10)14-4-3-7-22(14)17(23)12-9-11(12)16-18-20-21-19-16/h5-6,8,11-12,14H,3-4,7,9H2,1-2H3,(H,18,19,20,21)/t11-,12+,14?/m0/s1. The van der Waals surface area contributed by atoms with Gasteiger partial charge < -0.3 is 14.4 Å². The summed E-state index contributed by atoms with van der Waals surface area (Å²) in [6.07, 6.45) is 2.70. The third kappa shape index (κ3) is 2.81. The van der Waals surface area contributed by atoms with Crippen molar-refractivity contribution in [2.45, 2.75) is 31.2 Å². The van der Waals surface area contributed by atoms with Crippen molar-refractivity contribution in [1.29, 1.82) is 0 Å². The molecule has 0 radical (unpaired) electrons. The van der Waals surface area contributed by atoms with Crippen LogP contribution in [0.4, 0.5) is 0 Å². The number of amides is 1. The highest BCUT2D eigenvalue weighted by Crippen LogP contribution is 2.49. The summed E-state index contributed by atoms with van der Waals surface area (Å²) in [7, 11) is 3.29. The van der Waals surface area contributed by atoms with E-state index in [0.717, 1.165) is 42.9 Å². The third-order valence-corrected chi connectivity index (χ3v) is 5.13. The summed E-state index contributed by atoms with van der Waals surface area (Å²) < 4.78 is 10.9. The van der Waals surface area contributed by atoms with Gasteiger partial charge in [0.05, 0.1) is 20.3 Å². The third-order valence-electron chi connectivity index (χ3n) is 5.13. The largest absolute Gasteiger partial charge is 0.497 e. The lowest BCUT2D eigenvalue weighted by atomic mass is 10.0. The molecule has 1 aromatic carbocycles. The molecule has 132 valence electrons. The van der Waals surface area contributed by atoms with E-state index in [4.69, 9.17) is 9.47 Å². The Hall–Kier alpha value is -2.64. The highest BCUT2D eigenvalue weighted by molar-refractivity contribution is 5.83. The van der Waals surface area contributed by atoms with E-state index >= 15 is 0 Å². The summed E-state index contributed by atoms with van der Waals surface area (Å²) in [6.45, 7) is 0.763. The summed E-state index contributed by atoms with van der Waals surface area (Å²) in [5.41, 5.74) is 1.00. The van der Waals surface area contributed by atoms with Gasteiger partial charge in [-0.1, -0.05) is 5.21 Å². The van der Waals surface area contributed by atoms with Crippen molar-refractivity contribution in [3.63, 3.8) is 0 Å². The zero-order valence-corrected chi connectivity index (χ0v) is 14.3. The molecule has 2 aliphatic rings. The Kier molecular flexibility index (Phi) is 4.03. The average Bonchev–Trinajstić information content (AvgIpc) is 3.05. The molecule has 4 rings (SSSR count). The minimum absolute atomic E-state index is 0.0177. The van der Waals surface area contributed by atoms with E-state index in [1.807, 2.05) is 23.1 Å². The first kappa shape index (κ1) is 15.9. The number of ether oxygens (including phenoxy) is 2. The maximum absolute atomic E-state index is 13.0. The zero-order valence-electron chi connectivity index (χ0n) is 14.3. The molecule has 0 spiro atoms. The van der Waals surface area contributed by atoms with Crippen LogP contribution in [0.5, 0.6) is 11.5 Å². The van der Waals surface area contributed by atoms with Crippen molar-refractivity contribution in [2.24, 2.45) is 5.92 Å². The Morgan fingerprint density at radius 3 is 2.92 bits per heavy atom. The molecule has 1 aliphatic carbocycles. The van der Waals surface area contributed by atoms with Gasteiger partial charge in [-0.2, -0.15) is 5.21 Å². The molecule has 8 nitrogen and oxygen atoms in total. The number of nitrogens with zero attached hydrogens (tertiary/aromatic N) is 4. The summed E-state index contributed by atoms with van der Waals surface area (Å²) >= 11 is 0. The number of H-pyrrole nitrogens is 1. The SMILES string of the molecule is COc1ccc(OC)c(C2CCCN2C(=O)[C@@H]2C[C@@H]2c2nn[nH]n2)c1. The Bertz CT molecular complexity index is 764. The highest BCUT2D eigenvalue weighted by atomic mass is 16.5. The van der Waals surface area contributed by atoms with E-state index in [1.54, 1.807) is 14.2 Å². The van der Waals surface area contributed by atoms with Gasteiger partial charge in [0.2, 0.25) is 5.91 Å². The number of aromatic nitrogens is 4. The fourth-order valence-corrected chi connectivity index (χ4v) is 3.75. The number of benzene rings is 1. The van der Waals surface area contributed by atoms with Crippen LogP contribution >= 0.6 is 0 Å². The topological polar surface area (TPSA) is 93.2 Å². The molecule has 1 N–H and O–H groups in total. The second-order valence-electron chi connectivity index (χ2n) is 6.52. The average molecular weight is 343 g/mol. The molecule has 3 atom stereocenters. The lowest BCUT2D eigenvalue weighted by Gasteiger charge is -2.27. The molecule has 1 amide bonds. The molecular weight excluding hydrogens is 322 g/mol. The van der Waals surface area contributed by atoms with Crippen molar-refractivity contribution in [1.82, 2.24) is 25.5 Å². The van der Waals surface area contributed by atoms with Crippen molar-refractivity contribution in [2.75, 3.05) is 20.8 Å². The highest BCUT2D eigenvalue weighted by Gasteiger charge is 2.50. The van der Waals surface area contributed by atoms with Gasteiger partial charge in [-0.05, 0) is 37.5 Å². The predicted octanol–water partition coefficient (Wildman–Crippen LogP) is 1.68. The van der Waals surface area contributed by atoms with Crippen LogP contribution in [0.1, 0.15) is 42.6 Å². The normalized spacial score (nSPS) is 25.0. The fraction of sp³-hybridized carbons (Fsp3) is 0.529. The second-order valence-corrected chi connectivity index (χ2v) is 6.52.